The number of rotatable bonds is 5. The van der Waals surface area contributed by atoms with Crippen molar-refractivity contribution in [2.24, 2.45) is 0 Å². The average Bonchev–Trinajstić information content (AvgIpc) is 3.19. The number of carbonyl (C=O) groups is 3. The van der Waals surface area contributed by atoms with Crippen molar-refractivity contribution in [3.63, 3.8) is 0 Å². The first kappa shape index (κ1) is 25.9. The highest BCUT2D eigenvalue weighted by molar-refractivity contribution is 6.42. The first-order valence-corrected chi connectivity index (χ1v) is 13.1. The molecule has 2 aliphatic rings. The van der Waals surface area contributed by atoms with Crippen LogP contribution in [0, 0.1) is 13.8 Å². The highest BCUT2D eigenvalue weighted by Crippen LogP contribution is 2.51. The Kier molecular flexibility index (Phi) is 6.97. The lowest BCUT2D eigenvalue weighted by molar-refractivity contribution is -0.117. The number of methoxy groups -OCH3 is 1. The third kappa shape index (κ3) is 4.90. The van der Waals surface area contributed by atoms with Crippen LogP contribution in [0.1, 0.15) is 68.3 Å². The van der Waals surface area contributed by atoms with E-state index >= 15 is 0 Å². The van der Waals surface area contributed by atoms with E-state index in [1.807, 2.05) is 30.9 Å². The van der Waals surface area contributed by atoms with Crippen molar-refractivity contribution >= 4 is 29.2 Å². The quantitative estimate of drug-likeness (QED) is 0.285. The van der Waals surface area contributed by atoms with Gasteiger partial charge in [-0.1, -0.05) is 65.2 Å². The highest BCUT2D eigenvalue weighted by Gasteiger charge is 2.46. The summed E-state index contributed by atoms with van der Waals surface area (Å²) in [6, 6.07) is 16.3. The van der Waals surface area contributed by atoms with Crippen molar-refractivity contribution in [2.45, 2.75) is 44.6 Å². The van der Waals surface area contributed by atoms with Crippen LogP contribution < -0.4 is 10.1 Å². The minimum Gasteiger partial charge on any atom is -0.481 e. The summed E-state index contributed by atoms with van der Waals surface area (Å²) in [5.41, 5.74) is 5.02. The van der Waals surface area contributed by atoms with Gasteiger partial charge in [0, 0.05) is 35.7 Å². The molecule has 196 valence electrons. The fourth-order valence-electron chi connectivity index (χ4n) is 5.75. The van der Waals surface area contributed by atoms with Gasteiger partial charge in [0.2, 0.25) is 11.7 Å². The Morgan fingerprint density at radius 3 is 2.34 bits per heavy atom. The molecule has 1 spiro atoms. The van der Waals surface area contributed by atoms with E-state index < -0.39 is 11.7 Å². The van der Waals surface area contributed by atoms with Crippen LogP contribution in [0.15, 0.2) is 54.6 Å². The van der Waals surface area contributed by atoms with E-state index in [0.717, 1.165) is 29.5 Å². The smallest absolute Gasteiger partial charge is 0.292 e. The Hall–Kier alpha value is -3.71. The van der Waals surface area contributed by atoms with Gasteiger partial charge in [0.1, 0.15) is 5.15 Å². The molecule has 3 aromatic rings. The van der Waals surface area contributed by atoms with Crippen LogP contribution in [0.5, 0.6) is 5.88 Å². The second kappa shape index (κ2) is 10.2. The number of carbonyl (C=O) groups excluding carboxylic acids is 3. The lowest BCUT2D eigenvalue weighted by atomic mass is 9.73. The van der Waals surface area contributed by atoms with Crippen molar-refractivity contribution in [3.05, 3.63) is 93.1 Å². The molecule has 1 fully saturated rings. The van der Waals surface area contributed by atoms with Crippen LogP contribution in [-0.4, -0.2) is 47.7 Å². The molecule has 38 heavy (non-hydrogen) atoms. The topological polar surface area (TPSA) is 88.6 Å². The summed E-state index contributed by atoms with van der Waals surface area (Å²) in [6.07, 6.45) is 2.20. The number of amides is 2. The number of pyridine rings is 1. The molecular weight excluding hydrogens is 502 g/mol. The van der Waals surface area contributed by atoms with Gasteiger partial charge in [0.05, 0.1) is 13.2 Å². The van der Waals surface area contributed by atoms with E-state index in [-0.39, 0.29) is 22.5 Å². The fourth-order valence-corrected chi connectivity index (χ4v) is 5.95. The van der Waals surface area contributed by atoms with Gasteiger partial charge in [-0.25, -0.2) is 4.98 Å². The number of ether oxygens (including phenoxy) is 1. The number of aromatic nitrogens is 1. The van der Waals surface area contributed by atoms with Crippen LogP contribution >= 0.6 is 11.6 Å². The molecule has 2 aromatic carbocycles. The number of aryl methyl sites for hydroxylation is 2. The van der Waals surface area contributed by atoms with E-state index in [4.69, 9.17) is 16.3 Å². The Morgan fingerprint density at radius 2 is 1.66 bits per heavy atom. The number of likely N-dealkylation sites (tertiary alicyclic amines) is 1. The molecule has 1 aliphatic heterocycles. The summed E-state index contributed by atoms with van der Waals surface area (Å²) >= 11 is 6.08. The number of hydrogen-bond donors (Lipinski definition) is 1. The third-order valence-corrected chi connectivity index (χ3v) is 8.00. The van der Waals surface area contributed by atoms with E-state index in [1.54, 1.807) is 24.3 Å². The summed E-state index contributed by atoms with van der Waals surface area (Å²) < 4.78 is 5.17. The Labute approximate surface area is 227 Å². The predicted octanol–water partition coefficient (Wildman–Crippen LogP) is 4.98. The SMILES string of the molecule is COc1cc(C(=O)N2CCC3(CC2)CC(NC(=O)C(=O)c2ccc(C)cc2)c2cc(C)ccc23)cc(Cl)n1. The number of nitrogens with zero attached hydrogens (tertiary/aromatic N) is 2. The molecule has 0 saturated carbocycles. The van der Waals surface area contributed by atoms with Crippen molar-refractivity contribution in [1.82, 2.24) is 15.2 Å². The molecular formula is C30H30ClN3O4. The minimum atomic E-state index is -0.598. The molecule has 8 heteroatoms. The highest BCUT2D eigenvalue weighted by atomic mass is 35.5. The summed E-state index contributed by atoms with van der Waals surface area (Å²) in [5.74, 6) is -0.946. The van der Waals surface area contributed by atoms with Gasteiger partial charge < -0.3 is 15.0 Å². The largest absolute Gasteiger partial charge is 0.481 e. The van der Waals surface area contributed by atoms with Gasteiger partial charge in [-0.3, -0.25) is 14.4 Å². The van der Waals surface area contributed by atoms with E-state index in [2.05, 4.69) is 28.5 Å². The molecule has 1 aromatic heterocycles. The minimum absolute atomic E-state index is 0.113. The van der Waals surface area contributed by atoms with Gasteiger partial charge in [0.15, 0.2) is 0 Å². The predicted molar refractivity (Wildman–Crippen MR) is 145 cm³/mol. The fraction of sp³-hybridized carbons (Fsp3) is 0.333. The molecule has 1 N–H and O–H groups in total. The monoisotopic (exact) mass is 531 g/mol. The van der Waals surface area contributed by atoms with E-state index in [9.17, 15) is 14.4 Å². The molecule has 2 heterocycles. The number of hydrogen-bond acceptors (Lipinski definition) is 5. The zero-order valence-corrected chi connectivity index (χ0v) is 22.5. The van der Waals surface area contributed by atoms with Gasteiger partial charge in [-0.05, 0) is 50.3 Å². The lowest BCUT2D eigenvalue weighted by Crippen LogP contribution is -2.45. The first-order chi connectivity index (χ1) is 18.2. The summed E-state index contributed by atoms with van der Waals surface area (Å²) in [6.45, 7) is 5.10. The number of fused-ring (bicyclic) bond motifs is 2. The summed E-state index contributed by atoms with van der Waals surface area (Å²) in [7, 11) is 1.49. The van der Waals surface area contributed by atoms with Gasteiger partial charge in [-0.2, -0.15) is 0 Å². The zero-order valence-electron chi connectivity index (χ0n) is 21.7. The third-order valence-electron chi connectivity index (χ3n) is 7.81. The van der Waals surface area contributed by atoms with Crippen LogP contribution in [-0.2, 0) is 10.2 Å². The standard InChI is InChI=1S/C30H30ClN3O4/c1-18-4-7-20(8-5-18)27(35)28(36)32-24-17-30(23-9-6-19(2)14-22(23)24)10-12-34(13-11-30)29(37)21-15-25(31)33-26(16-21)38-3/h4-9,14-16,24H,10-13,17H2,1-3H3,(H,32,36). The number of nitrogens with one attached hydrogen (secondary N) is 1. The van der Waals surface area contributed by atoms with Crippen molar-refractivity contribution in [3.8, 4) is 5.88 Å². The van der Waals surface area contributed by atoms with Gasteiger partial charge >= 0.3 is 0 Å². The van der Waals surface area contributed by atoms with Gasteiger partial charge in [-0.15, -0.1) is 0 Å². The first-order valence-electron chi connectivity index (χ1n) is 12.7. The zero-order chi connectivity index (χ0) is 27.0. The lowest BCUT2D eigenvalue weighted by Gasteiger charge is -2.40. The maximum atomic E-state index is 13.2. The van der Waals surface area contributed by atoms with Crippen molar-refractivity contribution in [1.29, 1.82) is 0 Å². The molecule has 1 saturated heterocycles. The van der Waals surface area contributed by atoms with Gasteiger partial charge in [0.25, 0.3) is 11.8 Å². The normalized spacial score (nSPS) is 17.7. The number of piperidine rings is 1. The molecule has 0 radical (unpaired) electrons. The van der Waals surface area contributed by atoms with Crippen LogP contribution in [0.2, 0.25) is 5.15 Å². The number of benzene rings is 2. The second-order valence-corrected chi connectivity index (χ2v) is 10.7. The summed E-state index contributed by atoms with van der Waals surface area (Å²) in [4.78, 5) is 44.9. The van der Waals surface area contributed by atoms with Crippen LogP contribution in [0.4, 0.5) is 0 Å². The Bertz CT molecular complexity index is 1410. The molecule has 2 amide bonds. The second-order valence-electron chi connectivity index (χ2n) is 10.3. The number of halogens is 1. The molecule has 0 bridgehead atoms. The Morgan fingerprint density at radius 1 is 0.974 bits per heavy atom. The van der Waals surface area contributed by atoms with Crippen molar-refractivity contribution < 1.29 is 19.1 Å². The van der Waals surface area contributed by atoms with Crippen LogP contribution in [0.25, 0.3) is 0 Å². The maximum Gasteiger partial charge on any atom is 0.292 e. The maximum absolute atomic E-state index is 13.2. The average molecular weight is 532 g/mol. The van der Waals surface area contributed by atoms with Crippen molar-refractivity contribution in [2.75, 3.05) is 20.2 Å². The number of Topliss-reactive ketones (excluding diaryl/α,β-unsaturated/α-hetero) is 1. The molecule has 7 nitrogen and oxygen atoms in total. The molecule has 1 unspecified atom stereocenters. The molecule has 1 aliphatic carbocycles. The van der Waals surface area contributed by atoms with E-state index in [0.29, 0.717) is 36.5 Å². The molecule has 1 atom stereocenters. The number of ketones is 1. The summed E-state index contributed by atoms with van der Waals surface area (Å²) in [5, 5.41) is 3.23. The van der Waals surface area contributed by atoms with Crippen LogP contribution in [0.3, 0.4) is 0 Å². The molecule has 5 rings (SSSR count). The van der Waals surface area contributed by atoms with E-state index in [1.165, 1.54) is 12.7 Å². The Balaban J connectivity index is 1.33.